The van der Waals surface area contributed by atoms with Crippen LogP contribution in [0.15, 0.2) is 72.8 Å². The van der Waals surface area contributed by atoms with Crippen molar-refractivity contribution < 1.29 is 28.6 Å². The molecule has 0 bridgehead atoms. The lowest BCUT2D eigenvalue weighted by Crippen LogP contribution is -2.55. The summed E-state index contributed by atoms with van der Waals surface area (Å²) in [7, 11) is 3.08. The number of hydrogen-bond acceptors (Lipinski definition) is 6. The van der Waals surface area contributed by atoms with E-state index in [9.17, 15) is 14.4 Å². The molecule has 0 saturated carbocycles. The number of carbonyl (C=O) groups excluding carboxylic acids is 3. The highest BCUT2D eigenvalue weighted by Gasteiger charge is 2.61. The highest BCUT2D eigenvalue weighted by molar-refractivity contribution is 6.17. The number of amides is 3. The van der Waals surface area contributed by atoms with Crippen LogP contribution in [0, 0.1) is 0 Å². The number of methoxy groups -OCH3 is 2. The third-order valence-electron chi connectivity index (χ3n) is 7.20. The van der Waals surface area contributed by atoms with Gasteiger partial charge in [0.1, 0.15) is 11.5 Å². The molecule has 3 aromatic rings. The Balaban J connectivity index is 1.46. The molecule has 2 aliphatic rings. The summed E-state index contributed by atoms with van der Waals surface area (Å²) < 4.78 is 16.4. The van der Waals surface area contributed by atoms with E-state index in [2.05, 4.69) is 5.32 Å². The highest BCUT2D eigenvalue weighted by Crippen LogP contribution is 2.40. The lowest BCUT2D eigenvalue weighted by atomic mass is 9.85. The Morgan fingerprint density at radius 1 is 0.974 bits per heavy atom. The van der Waals surface area contributed by atoms with Crippen molar-refractivity contribution in [1.82, 2.24) is 10.2 Å². The molecule has 5 rings (SSSR count). The number of benzene rings is 3. The minimum atomic E-state index is -2.02. The van der Waals surface area contributed by atoms with E-state index in [4.69, 9.17) is 14.2 Å². The van der Waals surface area contributed by atoms with Crippen LogP contribution in [0.4, 0.5) is 4.79 Å². The summed E-state index contributed by atoms with van der Waals surface area (Å²) >= 11 is 0. The van der Waals surface area contributed by atoms with Gasteiger partial charge in [0.25, 0.3) is 17.4 Å². The van der Waals surface area contributed by atoms with E-state index in [1.807, 2.05) is 54.6 Å². The molecule has 8 nitrogen and oxygen atoms in total. The molecule has 8 heteroatoms. The molecule has 196 valence electrons. The smallest absolute Gasteiger partial charge is 0.418 e. The number of nitrogens with zero attached hydrogens (tertiary/aromatic N) is 1. The second-order valence-electron chi connectivity index (χ2n) is 9.54. The van der Waals surface area contributed by atoms with Gasteiger partial charge in [-0.1, -0.05) is 54.6 Å². The molecule has 1 N–H and O–H groups in total. The summed E-state index contributed by atoms with van der Waals surface area (Å²) in [6.45, 7) is 0.0834. The van der Waals surface area contributed by atoms with Crippen molar-refractivity contribution in [2.24, 2.45) is 0 Å². The summed E-state index contributed by atoms with van der Waals surface area (Å²) in [6, 6.07) is 21.7. The van der Waals surface area contributed by atoms with Gasteiger partial charge in [0.05, 0.1) is 20.3 Å². The number of nitrogens with one attached hydrogen (secondary N) is 1. The number of cyclic esters (lactones) is 1. The van der Waals surface area contributed by atoms with Crippen LogP contribution in [0.2, 0.25) is 0 Å². The second kappa shape index (κ2) is 10.6. The van der Waals surface area contributed by atoms with Crippen molar-refractivity contribution in [3.05, 3.63) is 95.1 Å². The molecule has 1 unspecified atom stereocenters. The van der Waals surface area contributed by atoms with Crippen molar-refractivity contribution in [3.63, 3.8) is 0 Å². The zero-order valence-electron chi connectivity index (χ0n) is 21.4. The fourth-order valence-electron chi connectivity index (χ4n) is 5.30. The zero-order chi connectivity index (χ0) is 26.7. The zero-order valence-corrected chi connectivity index (χ0v) is 21.4. The molecular formula is C30H30N2O6. The van der Waals surface area contributed by atoms with Gasteiger partial charge in [0, 0.05) is 19.0 Å². The molecule has 1 aliphatic carbocycles. The Morgan fingerprint density at radius 2 is 1.66 bits per heavy atom. The maximum absolute atomic E-state index is 14.1. The summed E-state index contributed by atoms with van der Waals surface area (Å²) in [4.78, 5) is 42.3. The number of carbonyl (C=O) groups is 3. The Hall–Kier alpha value is -4.33. The molecule has 0 spiro atoms. The topological polar surface area (TPSA) is 94.2 Å². The third kappa shape index (κ3) is 4.69. The van der Waals surface area contributed by atoms with Gasteiger partial charge in [-0.2, -0.15) is 0 Å². The Labute approximate surface area is 221 Å². The molecule has 1 fully saturated rings. The number of fused-ring (bicyclic) bond motifs is 1. The van der Waals surface area contributed by atoms with E-state index in [1.54, 1.807) is 32.4 Å². The largest absolute Gasteiger partial charge is 0.497 e. The number of aryl methyl sites for hydroxylation is 1. The lowest BCUT2D eigenvalue weighted by molar-refractivity contribution is -0.150. The fourth-order valence-corrected chi connectivity index (χ4v) is 5.30. The van der Waals surface area contributed by atoms with Crippen LogP contribution >= 0.6 is 0 Å². The van der Waals surface area contributed by atoms with E-state index in [0.29, 0.717) is 29.0 Å². The van der Waals surface area contributed by atoms with E-state index < -0.39 is 29.6 Å². The number of ether oxygens (including phenoxy) is 3. The monoisotopic (exact) mass is 514 g/mol. The number of rotatable bonds is 8. The predicted octanol–water partition coefficient (Wildman–Crippen LogP) is 4.36. The van der Waals surface area contributed by atoms with Crippen molar-refractivity contribution in [3.8, 4) is 11.5 Å². The minimum Gasteiger partial charge on any atom is -0.497 e. The molecule has 0 radical (unpaired) electrons. The molecule has 3 aromatic carbocycles. The maximum atomic E-state index is 14.1. The molecule has 2 atom stereocenters. The predicted molar refractivity (Wildman–Crippen MR) is 140 cm³/mol. The maximum Gasteiger partial charge on any atom is 0.418 e. The molecule has 38 heavy (non-hydrogen) atoms. The first-order valence-electron chi connectivity index (χ1n) is 12.6. The first kappa shape index (κ1) is 25.3. The van der Waals surface area contributed by atoms with E-state index in [1.165, 1.54) is 0 Å². The fraction of sp³-hybridized carbons (Fsp3) is 0.300. The van der Waals surface area contributed by atoms with E-state index in [-0.39, 0.29) is 13.0 Å². The first-order valence-corrected chi connectivity index (χ1v) is 12.6. The summed E-state index contributed by atoms with van der Waals surface area (Å²) in [5, 5.41) is 2.82. The third-order valence-corrected chi connectivity index (χ3v) is 7.20. The molecule has 1 saturated heterocycles. The summed E-state index contributed by atoms with van der Waals surface area (Å²) in [6.07, 6.45) is 1.45. The van der Waals surface area contributed by atoms with Crippen molar-refractivity contribution in [1.29, 1.82) is 0 Å². The molecule has 1 aliphatic heterocycles. The summed E-state index contributed by atoms with van der Waals surface area (Å²) in [5.41, 5.74) is 1.41. The quantitative estimate of drug-likeness (QED) is 0.449. The van der Waals surface area contributed by atoms with Crippen LogP contribution < -0.4 is 14.8 Å². The molecule has 3 amide bonds. The van der Waals surface area contributed by atoms with Crippen molar-refractivity contribution >= 4 is 17.9 Å². The minimum absolute atomic E-state index is 0.0729. The second-order valence-corrected chi connectivity index (χ2v) is 9.54. The standard InChI is InChI=1S/C30H30N2O6/c1-36-23-15-21(16-24(17-23)37-2)19-31-27(33)30(18-20-9-4-3-5-10-20)28(34)32(29(35)38-30)26-14-8-12-22-11-6-7-13-25(22)26/h3-7,9-11,13,15-17,26H,8,12,14,18-19H2,1-2H3,(H,31,33)/t26?,30-/m1/s1. The Bertz CT molecular complexity index is 1340. The number of hydrogen-bond donors (Lipinski definition) is 1. The molecular weight excluding hydrogens is 484 g/mol. The van der Waals surface area contributed by atoms with Crippen molar-refractivity contribution in [2.75, 3.05) is 14.2 Å². The van der Waals surface area contributed by atoms with E-state index >= 15 is 0 Å². The van der Waals surface area contributed by atoms with Crippen LogP contribution in [0.3, 0.4) is 0 Å². The van der Waals surface area contributed by atoms with Gasteiger partial charge in [-0.3, -0.25) is 9.59 Å². The molecule has 0 aromatic heterocycles. The van der Waals surface area contributed by atoms with Crippen LogP contribution in [-0.4, -0.2) is 42.6 Å². The van der Waals surface area contributed by atoms with Gasteiger partial charge < -0.3 is 19.5 Å². The van der Waals surface area contributed by atoms with Gasteiger partial charge in [-0.15, -0.1) is 0 Å². The van der Waals surface area contributed by atoms with Gasteiger partial charge in [0.2, 0.25) is 0 Å². The van der Waals surface area contributed by atoms with Crippen LogP contribution in [-0.2, 0) is 33.7 Å². The van der Waals surface area contributed by atoms with Crippen LogP contribution in [0.5, 0.6) is 11.5 Å². The van der Waals surface area contributed by atoms with Gasteiger partial charge in [0.15, 0.2) is 0 Å². The molecule has 1 heterocycles. The summed E-state index contributed by atoms with van der Waals surface area (Å²) in [5.74, 6) is -0.182. The van der Waals surface area contributed by atoms with Gasteiger partial charge in [-0.25, -0.2) is 9.69 Å². The Morgan fingerprint density at radius 3 is 2.37 bits per heavy atom. The SMILES string of the molecule is COc1cc(CNC(=O)[C@@]2(Cc3ccccc3)OC(=O)N(C3CCCc4ccccc43)C2=O)cc(OC)c1. The average Bonchev–Trinajstić information content (AvgIpc) is 3.20. The van der Waals surface area contributed by atoms with Crippen molar-refractivity contribution in [2.45, 2.75) is 43.9 Å². The van der Waals surface area contributed by atoms with Crippen LogP contribution in [0.1, 0.15) is 41.1 Å². The number of imide groups is 1. The Kier molecular flexibility index (Phi) is 7.05. The first-order chi connectivity index (χ1) is 18.4. The van der Waals surface area contributed by atoms with Gasteiger partial charge in [-0.05, 0) is 53.6 Å². The lowest BCUT2D eigenvalue weighted by Gasteiger charge is -2.31. The van der Waals surface area contributed by atoms with E-state index in [0.717, 1.165) is 28.9 Å². The highest BCUT2D eigenvalue weighted by atomic mass is 16.6. The van der Waals surface area contributed by atoms with Crippen LogP contribution in [0.25, 0.3) is 0 Å². The average molecular weight is 515 g/mol. The van der Waals surface area contributed by atoms with Gasteiger partial charge >= 0.3 is 6.09 Å². The normalized spacial score (nSPS) is 20.5.